The van der Waals surface area contributed by atoms with Gasteiger partial charge in [-0.25, -0.2) is 9.59 Å². The quantitative estimate of drug-likeness (QED) is 0.639. The summed E-state index contributed by atoms with van der Waals surface area (Å²) in [6.45, 7) is 6.10. The average molecular weight is 240 g/mol. The Kier molecular flexibility index (Phi) is 4.54. The first-order valence-corrected chi connectivity index (χ1v) is 5.90. The number of urea groups is 1. The Morgan fingerprint density at radius 2 is 1.94 bits per heavy atom. The first-order chi connectivity index (χ1) is 7.96. The molecule has 1 saturated carbocycles. The molecule has 96 valence electrons. The maximum atomic E-state index is 11.6. The van der Waals surface area contributed by atoms with Crippen molar-refractivity contribution in [2.75, 3.05) is 6.54 Å². The summed E-state index contributed by atoms with van der Waals surface area (Å²) in [5.41, 5.74) is -0.0769. The topological polar surface area (TPSA) is 78.4 Å². The van der Waals surface area contributed by atoms with Crippen molar-refractivity contribution >= 4 is 12.0 Å². The van der Waals surface area contributed by atoms with E-state index in [-0.39, 0.29) is 0 Å². The maximum absolute atomic E-state index is 11.6. The van der Waals surface area contributed by atoms with Gasteiger partial charge in [-0.3, -0.25) is 0 Å². The Morgan fingerprint density at radius 1 is 1.35 bits per heavy atom. The molecule has 0 aromatic heterocycles. The van der Waals surface area contributed by atoms with Crippen LogP contribution in [0.4, 0.5) is 4.79 Å². The fourth-order valence-corrected chi connectivity index (χ4v) is 2.02. The zero-order chi connectivity index (χ0) is 12.9. The van der Waals surface area contributed by atoms with Crippen molar-refractivity contribution in [3.63, 3.8) is 0 Å². The molecule has 0 aromatic carbocycles. The number of hydrogen-bond acceptors (Lipinski definition) is 2. The van der Waals surface area contributed by atoms with E-state index in [2.05, 4.69) is 17.2 Å². The molecule has 1 aliphatic rings. The molecular weight excluding hydrogens is 220 g/mol. The standard InChI is InChI=1S/C12H20N2O3/c1-9(2)5-8-13-11(17)14-12(10(15)16)6-3-4-7-12/h1,3-8H2,2H3,(H,15,16)(H2,13,14,17). The van der Waals surface area contributed by atoms with Crippen LogP contribution in [0, 0.1) is 0 Å². The van der Waals surface area contributed by atoms with Gasteiger partial charge in [-0.2, -0.15) is 0 Å². The van der Waals surface area contributed by atoms with Crippen LogP contribution in [0.5, 0.6) is 0 Å². The van der Waals surface area contributed by atoms with Crippen molar-refractivity contribution in [1.82, 2.24) is 10.6 Å². The van der Waals surface area contributed by atoms with Crippen molar-refractivity contribution < 1.29 is 14.7 Å². The zero-order valence-corrected chi connectivity index (χ0v) is 10.2. The van der Waals surface area contributed by atoms with Crippen LogP contribution >= 0.6 is 0 Å². The lowest BCUT2D eigenvalue weighted by Gasteiger charge is -2.25. The van der Waals surface area contributed by atoms with Gasteiger partial charge in [0.05, 0.1) is 0 Å². The fraction of sp³-hybridized carbons (Fsp3) is 0.667. The van der Waals surface area contributed by atoms with Gasteiger partial charge in [-0.1, -0.05) is 18.4 Å². The summed E-state index contributed by atoms with van der Waals surface area (Å²) in [5, 5.41) is 14.4. The second kappa shape index (κ2) is 5.70. The van der Waals surface area contributed by atoms with E-state index in [1.807, 2.05) is 6.92 Å². The smallest absolute Gasteiger partial charge is 0.329 e. The summed E-state index contributed by atoms with van der Waals surface area (Å²) < 4.78 is 0. The van der Waals surface area contributed by atoms with E-state index in [4.69, 9.17) is 5.11 Å². The molecule has 0 bridgehead atoms. The lowest BCUT2D eigenvalue weighted by atomic mass is 9.98. The zero-order valence-electron chi connectivity index (χ0n) is 10.2. The normalized spacial score (nSPS) is 17.5. The molecule has 0 radical (unpaired) electrons. The van der Waals surface area contributed by atoms with E-state index >= 15 is 0 Å². The SMILES string of the molecule is C=C(C)CCNC(=O)NC1(C(=O)O)CCCC1. The first-order valence-electron chi connectivity index (χ1n) is 5.90. The molecule has 2 amide bonds. The number of hydrogen-bond donors (Lipinski definition) is 3. The summed E-state index contributed by atoms with van der Waals surface area (Å²) in [4.78, 5) is 22.8. The third-order valence-electron chi connectivity index (χ3n) is 3.06. The predicted octanol–water partition coefficient (Wildman–Crippen LogP) is 1.65. The number of carbonyl (C=O) groups excluding carboxylic acids is 1. The molecule has 0 aliphatic heterocycles. The van der Waals surface area contributed by atoms with Crippen LogP contribution < -0.4 is 10.6 Å². The van der Waals surface area contributed by atoms with E-state index < -0.39 is 17.5 Å². The van der Waals surface area contributed by atoms with Crippen LogP contribution in [-0.4, -0.2) is 29.2 Å². The second-order valence-corrected chi connectivity index (χ2v) is 4.68. The van der Waals surface area contributed by atoms with Gasteiger partial charge in [0.25, 0.3) is 0 Å². The van der Waals surface area contributed by atoms with E-state index in [1.54, 1.807) is 0 Å². The fourth-order valence-electron chi connectivity index (χ4n) is 2.02. The van der Waals surface area contributed by atoms with Crippen LogP contribution in [0.1, 0.15) is 39.0 Å². The molecule has 17 heavy (non-hydrogen) atoms. The summed E-state index contributed by atoms with van der Waals surface area (Å²) in [6.07, 6.45) is 3.41. The molecule has 0 heterocycles. The Hall–Kier alpha value is -1.52. The number of carboxylic acids is 1. The Morgan fingerprint density at radius 3 is 2.41 bits per heavy atom. The summed E-state index contributed by atoms with van der Waals surface area (Å²) >= 11 is 0. The van der Waals surface area contributed by atoms with Gasteiger partial charge >= 0.3 is 12.0 Å². The lowest BCUT2D eigenvalue weighted by molar-refractivity contribution is -0.144. The van der Waals surface area contributed by atoms with Gasteiger partial charge in [0.1, 0.15) is 5.54 Å². The third kappa shape index (κ3) is 3.76. The predicted molar refractivity (Wildman–Crippen MR) is 64.8 cm³/mol. The third-order valence-corrected chi connectivity index (χ3v) is 3.06. The van der Waals surface area contributed by atoms with Crippen LogP contribution in [0.2, 0.25) is 0 Å². The Balaban J connectivity index is 2.43. The minimum Gasteiger partial charge on any atom is -0.480 e. The highest BCUT2D eigenvalue weighted by Crippen LogP contribution is 2.29. The minimum absolute atomic E-state index is 0.407. The number of carbonyl (C=O) groups is 2. The van der Waals surface area contributed by atoms with Crippen molar-refractivity contribution in [3.8, 4) is 0 Å². The van der Waals surface area contributed by atoms with Gasteiger partial charge < -0.3 is 15.7 Å². The number of amides is 2. The maximum Gasteiger partial charge on any atom is 0.329 e. The van der Waals surface area contributed by atoms with Crippen molar-refractivity contribution in [2.45, 2.75) is 44.6 Å². The van der Waals surface area contributed by atoms with Crippen LogP contribution in [-0.2, 0) is 4.79 Å². The summed E-state index contributed by atoms with van der Waals surface area (Å²) in [7, 11) is 0. The van der Waals surface area contributed by atoms with Gasteiger partial charge in [-0.15, -0.1) is 6.58 Å². The van der Waals surface area contributed by atoms with Crippen molar-refractivity contribution in [3.05, 3.63) is 12.2 Å². The largest absolute Gasteiger partial charge is 0.480 e. The molecule has 3 N–H and O–H groups in total. The molecule has 0 unspecified atom stereocenters. The molecule has 5 nitrogen and oxygen atoms in total. The van der Waals surface area contributed by atoms with E-state index in [9.17, 15) is 9.59 Å². The Labute approximate surface area is 101 Å². The highest BCUT2D eigenvalue weighted by molar-refractivity contribution is 5.86. The number of carboxylic acid groups (broad SMARTS) is 1. The number of aliphatic carboxylic acids is 1. The minimum atomic E-state index is -1.06. The highest BCUT2D eigenvalue weighted by Gasteiger charge is 2.42. The monoisotopic (exact) mass is 240 g/mol. The molecular formula is C12H20N2O3. The molecule has 0 atom stereocenters. The Bertz CT molecular complexity index is 320. The lowest BCUT2D eigenvalue weighted by Crippen LogP contribution is -2.55. The van der Waals surface area contributed by atoms with Gasteiger partial charge in [-0.05, 0) is 26.2 Å². The summed E-state index contributed by atoms with van der Waals surface area (Å²) in [6, 6.07) is -0.407. The van der Waals surface area contributed by atoms with E-state index in [0.29, 0.717) is 25.8 Å². The second-order valence-electron chi connectivity index (χ2n) is 4.68. The molecule has 0 spiro atoms. The number of nitrogens with one attached hydrogen (secondary N) is 2. The molecule has 1 fully saturated rings. The van der Waals surface area contributed by atoms with Crippen LogP contribution in [0.3, 0.4) is 0 Å². The molecule has 0 saturated heterocycles. The molecule has 0 aromatic rings. The summed E-state index contributed by atoms with van der Waals surface area (Å²) in [5.74, 6) is -0.940. The van der Waals surface area contributed by atoms with Crippen molar-refractivity contribution in [2.24, 2.45) is 0 Å². The van der Waals surface area contributed by atoms with Crippen LogP contribution in [0.15, 0.2) is 12.2 Å². The highest BCUT2D eigenvalue weighted by atomic mass is 16.4. The molecule has 1 aliphatic carbocycles. The van der Waals surface area contributed by atoms with Gasteiger partial charge in [0.15, 0.2) is 0 Å². The van der Waals surface area contributed by atoms with E-state index in [0.717, 1.165) is 18.4 Å². The molecule has 5 heteroatoms. The average Bonchev–Trinajstić information content (AvgIpc) is 2.66. The van der Waals surface area contributed by atoms with Crippen molar-refractivity contribution in [1.29, 1.82) is 0 Å². The first kappa shape index (κ1) is 13.5. The van der Waals surface area contributed by atoms with Gasteiger partial charge in [0.2, 0.25) is 0 Å². The molecule has 1 rings (SSSR count). The van der Waals surface area contributed by atoms with E-state index in [1.165, 1.54) is 0 Å². The number of rotatable bonds is 5. The van der Waals surface area contributed by atoms with Crippen LogP contribution in [0.25, 0.3) is 0 Å². The van der Waals surface area contributed by atoms with Gasteiger partial charge in [0, 0.05) is 6.54 Å².